The fourth-order valence-electron chi connectivity index (χ4n) is 3.40. The average Bonchev–Trinajstić information content (AvgIpc) is 2.88. The largest absolute Gasteiger partial charge is 0.494 e. The van der Waals surface area contributed by atoms with E-state index in [9.17, 15) is 9.90 Å². The lowest BCUT2D eigenvalue weighted by Crippen LogP contribution is -2.12. The molecule has 3 rings (SSSR count). The second kappa shape index (κ2) is 7.83. The van der Waals surface area contributed by atoms with Crippen LogP contribution in [0.25, 0.3) is 10.9 Å². The number of hydrogen-bond acceptors (Lipinski definition) is 2. The first-order valence-electron chi connectivity index (χ1n) is 8.70. The number of nitrogens with zero attached hydrogens (tertiary/aromatic N) is 1. The molecule has 2 aromatic carbocycles. The monoisotopic (exact) mass is 405 g/mol. The highest BCUT2D eigenvalue weighted by Crippen LogP contribution is 2.29. The SMILES string of the molecule is Cc1cc(OCCCn2c(C(=O)O)c(C)c3cc(Cl)ccc32)cc(C)c1Cl. The normalized spacial score (nSPS) is 11.1. The topological polar surface area (TPSA) is 51.5 Å². The maximum absolute atomic E-state index is 11.8. The van der Waals surface area contributed by atoms with Crippen molar-refractivity contribution in [3.05, 3.63) is 62.8 Å². The van der Waals surface area contributed by atoms with Crippen molar-refractivity contribution in [2.24, 2.45) is 0 Å². The number of benzene rings is 2. The van der Waals surface area contributed by atoms with Gasteiger partial charge in [0, 0.05) is 27.5 Å². The molecule has 0 atom stereocenters. The third kappa shape index (κ3) is 3.92. The number of hydrogen-bond donors (Lipinski definition) is 1. The quantitative estimate of drug-likeness (QED) is 0.508. The molecule has 0 unspecified atom stereocenters. The Kier molecular flexibility index (Phi) is 5.68. The molecule has 0 bridgehead atoms. The second-order valence-electron chi connectivity index (χ2n) is 6.66. The van der Waals surface area contributed by atoms with Gasteiger partial charge in [0.05, 0.1) is 6.61 Å². The predicted octanol–water partition coefficient (Wildman–Crippen LogP) is 6.04. The minimum atomic E-state index is -0.940. The smallest absolute Gasteiger partial charge is 0.352 e. The minimum absolute atomic E-state index is 0.297. The summed E-state index contributed by atoms with van der Waals surface area (Å²) < 4.78 is 7.67. The van der Waals surface area contributed by atoms with Crippen molar-refractivity contribution < 1.29 is 14.6 Å². The number of carbonyl (C=O) groups is 1. The molecular weight excluding hydrogens is 385 g/mol. The van der Waals surface area contributed by atoms with Crippen molar-refractivity contribution in [1.29, 1.82) is 0 Å². The van der Waals surface area contributed by atoms with Crippen LogP contribution in [0.2, 0.25) is 10.0 Å². The van der Waals surface area contributed by atoms with Gasteiger partial charge in [-0.1, -0.05) is 23.2 Å². The van der Waals surface area contributed by atoms with Gasteiger partial charge in [0.25, 0.3) is 0 Å². The minimum Gasteiger partial charge on any atom is -0.494 e. The van der Waals surface area contributed by atoms with E-state index in [1.165, 1.54) is 0 Å². The van der Waals surface area contributed by atoms with Gasteiger partial charge in [-0.05, 0) is 74.2 Å². The maximum atomic E-state index is 11.8. The van der Waals surface area contributed by atoms with Crippen LogP contribution in [0.15, 0.2) is 30.3 Å². The van der Waals surface area contributed by atoms with Crippen LogP contribution in [0, 0.1) is 20.8 Å². The van der Waals surface area contributed by atoms with E-state index < -0.39 is 5.97 Å². The van der Waals surface area contributed by atoms with Crippen molar-refractivity contribution in [2.45, 2.75) is 33.7 Å². The molecule has 0 aliphatic carbocycles. The van der Waals surface area contributed by atoms with E-state index in [-0.39, 0.29) is 0 Å². The summed E-state index contributed by atoms with van der Waals surface area (Å²) in [5.41, 5.74) is 3.84. The molecule has 0 saturated carbocycles. The van der Waals surface area contributed by atoms with Crippen LogP contribution in [0.1, 0.15) is 33.6 Å². The Morgan fingerprint density at radius 2 is 1.78 bits per heavy atom. The Hall–Kier alpha value is -2.17. The summed E-state index contributed by atoms with van der Waals surface area (Å²) in [6, 6.07) is 9.28. The zero-order valence-electron chi connectivity index (χ0n) is 15.5. The van der Waals surface area contributed by atoms with Crippen LogP contribution in [0.5, 0.6) is 5.75 Å². The number of ether oxygens (including phenoxy) is 1. The van der Waals surface area contributed by atoms with Gasteiger partial charge >= 0.3 is 5.97 Å². The Labute approximate surface area is 168 Å². The molecular formula is C21H21Cl2NO3. The van der Waals surface area contributed by atoms with Gasteiger partial charge in [-0.3, -0.25) is 0 Å². The number of rotatable bonds is 6. The first kappa shape index (κ1) is 19.6. The van der Waals surface area contributed by atoms with E-state index in [2.05, 4.69) is 0 Å². The molecule has 4 nitrogen and oxygen atoms in total. The van der Waals surface area contributed by atoms with Crippen molar-refractivity contribution in [3.8, 4) is 5.75 Å². The van der Waals surface area contributed by atoms with Gasteiger partial charge in [0.2, 0.25) is 0 Å². The molecule has 142 valence electrons. The molecule has 6 heteroatoms. The predicted molar refractivity (Wildman–Crippen MR) is 110 cm³/mol. The Morgan fingerprint density at radius 3 is 2.41 bits per heavy atom. The summed E-state index contributed by atoms with van der Waals surface area (Å²) in [6.07, 6.45) is 0.673. The van der Waals surface area contributed by atoms with Gasteiger partial charge in [-0.2, -0.15) is 0 Å². The lowest BCUT2D eigenvalue weighted by molar-refractivity contribution is 0.0684. The molecule has 0 fully saturated rings. The second-order valence-corrected chi connectivity index (χ2v) is 7.48. The highest BCUT2D eigenvalue weighted by Gasteiger charge is 2.19. The van der Waals surface area contributed by atoms with Crippen LogP contribution < -0.4 is 4.74 Å². The highest BCUT2D eigenvalue weighted by molar-refractivity contribution is 6.32. The molecule has 3 aromatic rings. The number of aromatic carboxylic acids is 1. The third-order valence-corrected chi connectivity index (χ3v) is 5.52. The van der Waals surface area contributed by atoms with E-state index in [0.29, 0.717) is 30.3 Å². The summed E-state index contributed by atoms with van der Waals surface area (Å²) >= 11 is 12.3. The molecule has 0 amide bonds. The van der Waals surface area contributed by atoms with Crippen molar-refractivity contribution in [2.75, 3.05) is 6.61 Å². The molecule has 0 spiro atoms. The van der Waals surface area contributed by atoms with Gasteiger partial charge in [0.1, 0.15) is 11.4 Å². The van der Waals surface area contributed by atoms with E-state index in [1.54, 1.807) is 6.07 Å². The van der Waals surface area contributed by atoms with Crippen molar-refractivity contribution >= 4 is 40.1 Å². The maximum Gasteiger partial charge on any atom is 0.352 e. The summed E-state index contributed by atoms with van der Waals surface area (Å²) in [5.74, 6) is -0.169. The lowest BCUT2D eigenvalue weighted by Gasteiger charge is -2.12. The van der Waals surface area contributed by atoms with E-state index in [0.717, 1.165) is 38.4 Å². The van der Waals surface area contributed by atoms with Crippen molar-refractivity contribution in [1.82, 2.24) is 4.57 Å². The number of halogens is 2. The first-order chi connectivity index (χ1) is 12.8. The van der Waals surface area contributed by atoms with Crippen LogP contribution >= 0.6 is 23.2 Å². The van der Waals surface area contributed by atoms with Crippen LogP contribution in [0.3, 0.4) is 0 Å². The fourth-order valence-corrected chi connectivity index (χ4v) is 3.69. The highest BCUT2D eigenvalue weighted by atomic mass is 35.5. The number of carboxylic acid groups (broad SMARTS) is 1. The summed E-state index contributed by atoms with van der Waals surface area (Å²) in [4.78, 5) is 11.8. The van der Waals surface area contributed by atoms with Crippen LogP contribution in [-0.4, -0.2) is 22.2 Å². The zero-order valence-corrected chi connectivity index (χ0v) is 17.0. The molecule has 1 aromatic heterocycles. The molecule has 1 N–H and O–H groups in total. The standard InChI is InChI=1S/C21H21Cl2NO3/c1-12-9-16(10-13(2)19(12)23)27-8-4-7-24-18-6-5-15(22)11-17(18)14(3)20(24)21(25)26/h5-6,9-11H,4,7-8H2,1-3H3,(H,25,26). The zero-order chi connectivity index (χ0) is 19.7. The van der Waals surface area contributed by atoms with E-state index >= 15 is 0 Å². The Morgan fingerprint density at radius 1 is 1.11 bits per heavy atom. The summed E-state index contributed by atoms with van der Waals surface area (Å²) in [7, 11) is 0. The van der Waals surface area contributed by atoms with E-state index in [1.807, 2.05) is 49.6 Å². The molecule has 0 aliphatic rings. The third-order valence-electron chi connectivity index (χ3n) is 4.69. The summed E-state index contributed by atoms with van der Waals surface area (Å²) in [5, 5.41) is 11.9. The first-order valence-corrected chi connectivity index (χ1v) is 9.46. The van der Waals surface area contributed by atoms with Crippen LogP contribution in [-0.2, 0) is 6.54 Å². The Balaban J connectivity index is 1.77. The molecule has 27 heavy (non-hydrogen) atoms. The molecule has 0 saturated heterocycles. The molecule has 1 heterocycles. The number of aromatic nitrogens is 1. The Bertz CT molecular complexity index is 1000. The number of carboxylic acids is 1. The molecule has 0 radical (unpaired) electrons. The average molecular weight is 406 g/mol. The number of fused-ring (bicyclic) bond motifs is 1. The number of aryl methyl sites for hydroxylation is 4. The lowest BCUT2D eigenvalue weighted by atomic mass is 10.1. The molecule has 0 aliphatic heterocycles. The van der Waals surface area contributed by atoms with Gasteiger partial charge in [-0.15, -0.1) is 0 Å². The van der Waals surface area contributed by atoms with Crippen LogP contribution in [0.4, 0.5) is 0 Å². The van der Waals surface area contributed by atoms with Gasteiger partial charge in [-0.25, -0.2) is 4.79 Å². The van der Waals surface area contributed by atoms with Gasteiger partial charge < -0.3 is 14.4 Å². The van der Waals surface area contributed by atoms with Crippen molar-refractivity contribution in [3.63, 3.8) is 0 Å². The fraction of sp³-hybridized carbons (Fsp3) is 0.286. The van der Waals surface area contributed by atoms with Gasteiger partial charge in [0.15, 0.2) is 0 Å². The summed E-state index contributed by atoms with van der Waals surface area (Å²) in [6.45, 7) is 6.72. The van der Waals surface area contributed by atoms with E-state index in [4.69, 9.17) is 27.9 Å².